The third-order valence-electron chi connectivity index (χ3n) is 15.3. The Morgan fingerprint density at radius 1 is 0.211 bits per heavy atom. The van der Waals surface area contributed by atoms with Crippen molar-refractivity contribution in [2.24, 2.45) is 0 Å². The van der Waals surface area contributed by atoms with Crippen molar-refractivity contribution < 1.29 is 0 Å². The summed E-state index contributed by atoms with van der Waals surface area (Å²) in [6.07, 6.45) is 0. The van der Waals surface area contributed by atoms with Crippen LogP contribution < -0.4 is 9.80 Å². The molecule has 0 spiro atoms. The van der Waals surface area contributed by atoms with Crippen molar-refractivity contribution in [3.63, 3.8) is 0 Å². The van der Waals surface area contributed by atoms with Crippen LogP contribution in [-0.4, -0.2) is 0 Å². The maximum absolute atomic E-state index is 2.46. The van der Waals surface area contributed by atoms with E-state index < -0.39 is 5.41 Å². The molecule has 0 amide bonds. The minimum absolute atomic E-state index is 0.502. The fourth-order valence-corrected chi connectivity index (χ4v) is 11.4. The van der Waals surface area contributed by atoms with Crippen LogP contribution in [0.4, 0.5) is 34.1 Å². The van der Waals surface area contributed by atoms with Gasteiger partial charge in [-0.2, -0.15) is 0 Å². The molecule has 0 N–H and O–H groups in total. The smallest absolute Gasteiger partial charge is 0.0467 e. The second kappa shape index (κ2) is 19.9. The second-order valence-corrected chi connectivity index (χ2v) is 19.9. The number of rotatable bonds is 12. The van der Waals surface area contributed by atoms with E-state index in [1.807, 2.05) is 0 Å². The minimum atomic E-state index is -0.502. The minimum Gasteiger partial charge on any atom is -0.310 e. The van der Waals surface area contributed by atoms with Gasteiger partial charge in [0.15, 0.2) is 0 Å². The van der Waals surface area contributed by atoms with Crippen LogP contribution in [-0.2, 0) is 5.41 Å². The quantitative estimate of drug-likeness (QED) is 0.120. The Kier molecular flexibility index (Phi) is 12.1. The van der Waals surface area contributed by atoms with Crippen LogP contribution in [0.5, 0.6) is 0 Å². The molecule has 0 saturated carbocycles. The Labute approximate surface area is 446 Å². The summed E-state index contributed by atoms with van der Waals surface area (Å²) < 4.78 is 0. The van der Waals surface area contributed by atoms with Crippen LogP contribution >= 0.6 is 0 Å². The van der Waals surface area contributed by atoms with E-state index in [0.29, 0.717) is 0 Å². The maximum Gasteiger partial charge on any atom is 0.0467 e. The van der Waals surface area contributed by atoms with Crippen LogP contribution in [0.15, 0.2) is 309 Å². The van der Waals surface area contributed by atoms with Gasteiger partial charge in [-0.15, -0.1) is 0 Å². The predicted molar refractivity (Wildman–Crippen MR) is 320 cm³/mol. The van der Waals surface area contributed by atoms with Gasteiger partial charge in [-0.1, -0.05) is 231 Å². The van der Waals surface area contributed by atoms with E-state index in [4.69, 9.17) is 0 Å². The molecule has 1 unspecified atom stereocenters. The summed E-state index contributed by atoms with van der Waals surface area (Å²) in [6, 6.07) is 113. The van der Waals surface area contributed by atoms with Gasteiger partial charge in [-0.25, -0.2) is 0 Å². The Hall–Kier alpha value is -9.76. The molecule has 2 heteroatoms. The molecule has 1 aliphatic rings. The van der Waals surface area contributed by atoms with Gasteiger partial charge in [0, 0.05) is 39.5 Å². The molecular formula is C74H54N2. The third-order valence-corrected chi connectivity index (χ3v) is 15.3. The Balaban J connectivity index is 0.945. The normalized spacial score (nSPS) is 13.4. The van der Waals surface area contributed by atoms with Crippen molar-refractivity contribution in [1.82, 2.24) is 0 Å². The highest BCUT2D eigenvalue weighted by molar-refractivity contribution is 5.91. The summed E-state index contributed by atoms with van der Waals surface area (Å²) in [6.45, 7) is 2.42. The molecule has 2 nitrogen and oxygen atoms in total. The zero-order valence-corrected chi connectivity index (χ0v) is 42.3. The first-order valence-corrected chi connectivity index (χ1v) is 26.2. The summed E-state index contributed by atoms with van der Waals surface area (Å²) in [5, 5.41) is 0. The van der Waals surface area contributed by atoms with E-state index in [0.717, 1.165) is 34.1 Å². The van der Waals surface area contributed by atoms with E-state index in [9.17, 15) is 0 Å². The van der Waals surface area contributed by atoms with Crippen molar-refractivity contribution in [2.75, 3.05) is 9.80 Å². The van der Waals surface area contributed by atoms with Gasteiger partial charge in [0.05, 0.1) is 0 Å². The molecule has 1 atom stereocenters. The highest BCUT2D eigenvalue weighted by Crippen LogP contribution is 2.55. The van der Waals surface area contributed by atoms with E-state index >= 15 is 0 Å². The second-order valence-electron chi connectivity index (χ2n) is 19.9. The lowest BCUT2D eigenvalue weighted by Gasteiger charge is -2.32. The first-order chi connectivity index (χ1) is 37.5. The molecule has 76 heavy (non-hydrogen) atoms. The van der Waals surface area contributed by atoms with E-state index in [1.54, 1.807) is 0 Å². The summed E-state index contributed by atoms with van der Waals surface area (Å²) in [5.74, 6) is 0. The van der Waals surface area contributed by atoms with Crippen molar-refractivity contribution in [2.45, 2.75) is 12.3 Å². The average molecular weight is 971 g/mol. The number of hydrogen-bond donors (Lipinski definition) is 0. The lowest BCUT2D eigenvalue weighted by atomic mass is 9.74. The maximum atomic E-state index is 2.46. The molecule has 13 rings (SSSR count). The van der Waals surface area contributed by atoms with E-state index in [-0.39, 0.29) is 0 Å². The Morgan fingerprint density at radius 3 is 0.882 bits per heavy atom. The summed E-state index contributed by atoms with van der Waals surface area (Å²) in [5.41, 5.74) is 24.2. The van der Waals surface area contributed by atoms with Crippen molar-refractivity contribution in [3.8, 4) is 66.8 Å². The summed E-state index contributed by atoms with van der Waals surface area (Å²) in [7, 11) is 0. The van der Waals surface area contributed by atoms with Crippen LogP contribution in [0, 0.1) is 0 Å². The third kappa shape index (κ3) is 8.66. The molecule has 12 aromatic rings. The molecule has 360 valence electrons. The van der Waals surface area contributed by atoms with Gasteiger partial charge in [0.1, 0.15) is 0 Å². The average Bonchev–Trinajstić information content (AvgIpc) is 3.84. The predicted octanol–water partition coefficient (Wildman–Crippen LogP) is 20.3. The topological polar surface area (TPSA) is 6.48 Å². The van der Waals surface area contributed by atoms with E-state index in [1.165, 1.54) is 83.5 Å². The molecule has 12 aromatic carbocycles. The number of nitrogens with zero attached hydrogens (tertiary/aromatic N) is 2. The lowest BCUT2D eigenvalue weighted by molar-refractivity contribution is 0.714. The van der Waals surface area contributed by atoms with Crippen LogP contribution in [0.2, 0.25) is 0 Å². The van der Waals surface area contributed by atoms with Gasteiger partial charge >= 0.3 is 0 Å². The summed E-state index contributed by atoms with van der Waals surface area (Å²) in [4.78, 5) is 4.85. The molecule has 0 heterocycles. The van der Waals surface area contributed by atoms with Gasteiger partial charge in [0.25, 0.3) is 0 Å². The number of hydrogen-bond acceptors (Lipinski definition) is 2. The zero-order valence-electron chi connectivity index (χ0n) is 42.3. The SMILES string of the molecule is CC1(c2ccccc2)c2cc(N(c3ccc(-c4ccccc4)cc3)c3cccc(-c4ccccc4)c3)ccc2-c2ccc(N(c3ccc(-c4cccc(-c5ccccc5)c4)cc3)c3cccc(-c4ccccc4)c3)cc21. The fourth-order valence-electron chi connectivity index (χ4n) is 11.4. The Morgan fingerprint density at radius 2 is 0.487 bits per heavy atom. The standard InChI is InChI=1S/C74H54N2/c1-74(63-32-15-6-16-33-63)72-51-68(75(64-40-36-57(37-41-64)53-20-7-2-8-21-53)66-34-18-30-61(49-66)55-24-11-4-12-25-55)44-46-70(72)71-47-45-69(52-73(71)74)76(67-35-19-31-62(50-67)56-26-13-5-14-27-56)65-42-38-58(39-43-65)60-29-17-28-59(48-60)54-22-9-3-10-23-54/h2-52H,1H3. The van der Waals surface area contributed by atoms with Gasteiger partial charge in [-0.3, -0.25) is 0 Å². The van der Waals surface area contributed by atoms with Crippen LogP contribution in [0.3, 0.4) is 0 Å². The van der Waals surface area contributed by atoms with Crippen molar-refractivity contribution in [1.29, 1.82) is 0 Å². The van der Waals surface area contributed by atoms with Crippen LogP contribution in [0.1, 0.15) is 23.6 Å². The highest BCUT2D eigenvalue weighted by Gasteiger charge is 2.42. The fraction of sp³-hybridized carbons (Fsp3) is 0.0270. The number of fused-ring (bicyclic) bond motifs is 3. The molecule has 1 aliphatic carbocycles. The zero-order chi connectivity index (χ0) is 50.8. The molecule has 0 saturated heterocycles. The number of anilines is 6. The molecule has 0 radical (unpaired) electrons. The van der Waals surface area contributed by atoms with Gasteiger partial charge in [-0.05, 0) is 169 Å². The van der Waals surface area contributed by atoms with Crippen LogP contribution in [0.25, 0.3) is 66.8 Å². The molecule has 0 aliphatic heterocycles. The lowest BCUT2D eigenvalue weighted by Crippen LogP contribution is -2.23. The molecule has 0 aromatic heterocycles. The van der Waals surface area contributed by atoms with Gasteiger partial charge < -0.3 is 9.80 Å². The molecule has 0 bridgehead atoms. The largest absolute Gasteiger partial charge is 0.310 e. The monoisotopic (exact) mass is 970 g/mol. The molecule has 0 fully saturated rings. The molecular weight excluding hydrogens is 917 g/mol. The van der Waals surface area contributed by atoms with E-state index in [2.05, 4.69) is 326 Å². The Bertz CT molecular complexity index is 3970. The van der Waals surface area contributed by atoms with Crippen molar-refractivity contribution >= 4 is 34.1 Å². The first kappa shape index (κ1) is 46.1. The highest BCUT2D eigenvalue weighted by atomic mass is 15.1. The summed E-state index contributed by atoms with van der Waals surface area (Å²) >= 11 is 0. The van der Waals surface area contributed by atoms with Gasteiger partial charge in [0.2, 0.25) is 0 Å². The van der Waals surface area contributed by atoms with Crippen molar-refractivity contribution in [3.05, 3.63) is 326 Å². The first-order valence-electron chi connectivity index (χ1n) is 26.2. The number of benzene rings is 12.